The van der Waals surface area contributed by atoms with Gasteiger partial charge in [-0.15, -0.1) is 18.2 Å². The van der Waals surface area contributed by atoms with Crippen LogP contribution in [-0.2, 0) is 20.1 Å². The van der Waals surface area contributed by atoms with Crippen LogP contribution in [0.3, 0.4) is 0 Å². The first kappa shape index (κ1) is 41.7. The second-order valence-electron chi connectivity index (χ2n) is 17.3. The molecule has 64 heavy (non-hydrogen) atoms. The van der Waals surface area contributed by atoms with Gasteiger partial charge in [0.1, 0.15) is 0 Å². The van der Waals surface area contributed by atoms with Crippen LogP contribution in [0.5, 0.6) is 0 Å². The second kappa shape index (κ2) is 17.4. The Bertz CT molecular complexity index is 3560. The molecule has 0 spiro atoms. The molecule has 0 amide bonds. The Hall–Kier alpha value is -6.25. The zero-order valence-electron chi connectivity index (χ0n) is 37.4. The van der Waals surface area contributed by atoms with Gasteiger partial charge in [0.2, 0.25) is 5.71 Å². The molecule has 0 aliphatic heterocycles. The van der Waals surface area contributed by atoms with Crippen molar-refractivity contribution in [3.05, 3.63) is 187 Å². The van der Waals surface area contributed by atoms with Crippen molar-refractivity contribution in [2.75, 3.05) is 0 Å². The summed E-state index contributed by atoms with van der Waals surface area (Å²) in [4.78, 5) is 14.6. The number of aromatic nitrogens is 4. The molecule has 0 N–H and O–H groups in total. The first-order valence-electron chi connectivity index (χ1n) is 21.7. The average molecular weight is 1070 g/mol. The molecule has 317 valence electrons. The van der Waals surface area contributed by atoms with Crippen molar-refractivity contribution in [1.29, 1.82) is 0 Å². The number of fused-ring (bicyclic) bond motifs is 8. The van der Waals surface area contributed by atoms with Crippen LogP contribution in [0.15, 0.2) is 162 Å². The van der Waals surface area contributed by atoms with Gasteiger partial charge in [0.15, 0.2) is 0 Å². The Morgan fingerprint density at radius 1 is 0.719 bits per heavy atom. The van der Waals surface area contributed by atoms with Crippen molar-refractivity contribution in [2.45, 2.75) is 43.9 Å². The van der Waals surface area contributed by atoms with E-state index in [2.05, 4.69) is 147 Å². The number of benzene rings is 7. The van der Waals surface area contributed by atoms with Crippen LogP contribution in [0.2, 0.25) is 17.3 Å². The number of hydrogen-bond acceptors (Lipinski definition) is 4. The maximum absolute atomic E-state index is 13.0. The largest absolute Gasteiger partial charge is 0 e. The van der Waals surface area contributed by atoms with Crippen molar-refractivity contribution in [3.63, 3.8) is 0 Å². The van der Waals surface area contributed by atoms with E-state index >= 15 is 0 Å². The minimum atomic E-state index is -2.10. The van der Waals surface area contributed by atoms with Crippen molar-refractivity contribution in [2.24, 2.45) is 0 Å². The maximum atomic E-state index is 13.0. The van der Waals surface area contributed by atoms with E-state index in [1.165, 1.54) is 38.3 Å². The molecule has 0 saturated heterocycles. The molecule has 11 aromatic rings. The number of furan rings is 1. The van der Waals surface area contributed by atoms with E-state index in [1.54, 1.807) is 6.07 Å². The van der Waals surface area contributed by atoms with Crippen LogP contribution in [-0.4, -0.2) is 32.8 Å². The van der Waals surface area contributed by atoms with Gasteiger partial charge in [0, 0.05) is 42.3 Å². The van der Waals surface area contributed by atoms with Crippen LogP contribution >= 0.6 is 0 Å². The van der Waals surface area contributed by atoms with E-state index in [0.717, 1.165) is 77.9 Å². The van der Waals surface area contributed by atoms with Gasteiger partial charge in [-0.1, -0.05) is 95.9 Å². The molecule has 1 radical (unpaired) electrons. The van der Waals surface area contributed by atoms with Gasteiger partial charge in [-0.25, -0.2) is 4.98 Å². The van der Waals surface area contributed by atoms with Gasteiger partial charge in [-0.3, -0.25) is 4.98 Å². The van der Waals surface area contributed by atoms with Gasteiger partial charge in [-0.2, -0.15) is 0 Å². The van der Waals surface area contributed by atoms with E-state index in [-0.39, 0.29) is 25.9 Å². The van der Waals surface area contributed by atoms with Gasteiger partial charge in [0.05, 0.1) is 22.4 Å². The summed E-state index contributed by atoms with van der Waals surface area (Å²) >= 11 is -2.10. The Morgan fingerprint density at radius 2 is 1.48 bits per heavy atom. The third kappa shape index (κ3) is 7.98. The fourth-order valence-corrected chi connectivity index (χ4v) is 11.9. The molecule has 4 heterocycles. The third-order valence-electron chi connectivity index (χ3n) is 11.7. The van der Waals surface area contributed by atoms with Gasteiger partial charge in [-0.05, 0) is 64.5 Å². The molecule has 8 heteroatoms. The van der Waals surface area contributed by atoms with Crippen molar-refractivity contribution in [3.8, 4) is 39.5 Å². The van der Waals surface area contributed by atoms with Gasteiger partial charge >= 0.3 is 125 Å². The average Bonchev–Trinajstić information content (AvgIpc) is 3.88. The number of nitrogens with zero attached hydrogens (tertiary/aromatic N) is 4. The standard InChI is InChI=1S/C39H24N3O.C17H21FGeN.Ir/c1-24-17-19-33-32-15-8-16-34(37(32)43-39(33)40-24)38-41-36-31-20-18-26-11-5-6-14-29(26)30(31)21-22-35(36)42(38)28-13-7-12-27(23-28)25-9-3-2-4-10-25;1-12(2)15-10-17(13-6-8-14(18)9-7-13)20-11-16(15)19(3,4)5;/h2-15,17-23H,1H3;6,8-12H,1-5H3;/q2*-1;/i;12D;. The van der Waals surface area contributed by atoms with E-state index in [9.17, 15) is 4.39 Å². The quantitative estimate of drug-likeness (QED) is 0.0946. The molecule has 7 aromatic carbocycles. The van der Waals surface area contributed by atoms with E-state index in [1.807, 2.05) is 57.3 Å². The molecular formula is C56H45FGeIrN4O-2. The number of pyridine rings is 2. The normalized spacial score (nSPS) is 12.1. The Kier molecular flexibility index (Phi) is 11.3. The number of rotatable bonds is 6. The molecule has 0 atom stereocenters. The second-order valence-corrected chi connectivity index (χ2v) is 27.9. The molecule has 0 fully saturated rings. The summed E-state index contributed by atoms with van der Waals surface area (Å²) < 4.78 is 31.4. The summed E-state index contributed by atoms with van der Waals surface area (Å²) in [5, 5.41) is 6.73. The molecule has 0 saturated carbocycles. The Labute approximate surface area is 390 Å². The number of halogens is 1. The SMILES string of the molecule is Cc1ccc2c(n1)oc1c(-c3nc4c5ccc6ccccc6c5ccc4n3-c3cccc(-c4ccccc4)c3)[c-]ccc12.[2H]C(C)(C)c1cc(-c2[c-]cc(F)cc2)nc[c]1[Ge]([CH3])([CH3])[CH3].[Ir]. The molecule has 4 aromatic heterocycles. The molecule has 5 nitrogen and oxygen atoms in total. The molecule has 11 rings (SSSR count). The number of aryl methyl sites for hydroxylation is 1. The summed E-state index contributed by atoms with van der Waals surface area (Å²) in [5.74, 6) is 6.70. The van der Waals surface area contributed by atoms with Crippen LogP contribution in [0.4, 0.5) is 4.39 Å². The first-order valence-corrected chi connectivity index (χ1v) is 28.5. The van der Waals surface area contributed by atoms with Crippen LogP contribution in [0, 0.1) is 24.9 Å². The summed E-state index contributed by atoms with van der Waals surface area (Å²) in [5.41, 5.74) is 10.9. The fourth-order valence-electron chi connectivity index (χ4n) is 8.57. The zero-order valence-corrected chi connectivity index (χ0v) is 40.9. The van der Waals surface area contributed by atoms with Crippen molar-refractivity contribution in [1.82, 2.24) is 19.5 Å². The number of hydrogen-bond donors (Lipinski definition) is 0. The third-order valence-corrected chi connectivity index (χ3v) is 15.9. The van der Waals surface area contributed by atoms with E-state index in [4.69, 9.17) is 10.8 Å². The Morgan fingerprint density at radius 3 is 2.27 bits per heavy atom. The minimum absolute atomic E-state index is 0. The fraction of sp³-hybridized carbons (Fsp3) is 0.125. The molecular weight excluding hydrogens is 1030 g/mol. The zero-order chi connectivity index (χ0) is 44.3. The van der Waals surface area contributed by atoms with Gasteiger partial charge < -0.3 is 8.98 Å². The summed E-state index contributed by atoms with van der Waals surface area (Å²) in [7, 11) is 0. The van der Waals surface area contributed by atoms with Crippen LogP contribution in [0.25, 0.3) is 94.1 Å². The molecule has 0 unspecified atom stereocenters. The van der Waals surface area contributed by atoms with Crippen LogP contribution in [0.1, 0.15) is 32.4 Å². The maximum Gasteiger partial charge on any atom is 0 e. The van der Waals surface area contributed by atoms with Gasteiger partial charge in [0.25, 0.3) is 0 Å². The monoisotopic (exact) mass is 1080 g/mol. The topological polar surface area (TPSA) is 56.7 Å². The minimum Gasteiger partial charge on any atom is 0 e. The van der Waals surface area contributed by atoms with Crippen molar-refractivity contribution >= 4 is 72.3 Å². The van der Waals surface area contributed by atoms with Crippen molar-refractivity contribution < 1.29 is 30.3 Å². The van der Waals surface area contributed by atoms with E-state index in [0.29, 0.717) is 5.71 Å². The molecule has 0 aliphatic rings. The molecule has 0 aliphatic carbocycles. The number of imidazole rings is 1. The predicted molar refractivity (Wildman–Crippen MR) is 261 cm³/mol. The molecule has 0 bridgehead atoms. The summed E-state index contributed by atoms with van der Waals surface area (Å²) in [6, 6.07) is 57.3. The first-order chi connectivity index (χ1) is 30.8. The van der Waals surface area contributed by atoms with E-state index < -0.39 is 19.2 Å². The smallest absolute Gasteiger partial charge is 0 e. The van der Waals surface area contributed by atoms with Crippen LogP contribution < -0.4 is 4.40 Å². The Balaban J connectivity index is 0.000000206. The summed E-state index contributed by atoms with van der Waals surface area (Å²) in [6.07, 6.45) is 1.91. The predicted octanol–water partition coefficient (Wildman–Crippen LogP) is 14.4. The summed E-state index contributed by atoms with van der Waals surface area (Å²) in [6.45, 7) is 5.78.